The summed E-state index contributed by atoms with van der Waals surface area (Å²) in [7, 11) is 0. The van der Waals surface area contributed by atoms with E-state index in [1.807, 2.05) is 36.4 Å². The molecule has 0 saturated heterocycles. The first-order valence-corrected chi connectivity index (χ1v) is 12.1. The summed E-state index contributed by atoms with van der Waals surface area (Å²) in [5.74, 6) is -0.226. The minimum absolute atomic E-state index is 0. The van der Waals surface area contributed by atoms with E-state index in [4.69, 9.17) is 11.6 Å². The second kappa shape index (κ2) is 10.3. The van der Waals surface area contributed by atoms with E-state index in [0.717, 1.165) is 22.7 Å². The van der Waals surface area contributed by atoms with Crippen LogP contribution in [0.1, 0.15) is 34.0 Å². The van der Waals surface area contributed by atoms with Crippen molar-refractivity contribution in [1.82, 2.24) is 9.47 Å². The van der Waals surface area contributed by atoms with Gasteiger partial charge in [-0.3, -0.25) is 0 Å². The van der Waals surface area contributed by atoms with Crippen molar-refractivity contribution in [2.45, 2.75) is 19.1 Å². The monoisotopic (exact) mass is 558 g/mol. The van der Waals surface area contributed by atoms with Crippen molar-refractivity contribution in [3.8, 4) is 0 Å². The lowest BCUT2D eigenvalue weighted by molar-refractivity contribution is 0.296. The number of aromatic nitrogens is 1. The molecule has 0 bridgehead atoms. The number of rotatable bonds is 5. The molecule has 0 aliphatic carbocycles. The highest BCUT2D eigenvalue weighted by Crippen LogP contribution is 2.43. The molecule has 180 valence electrons. The summed E-state index contributed by atoms with van der Waals surface area (Å²) >= 11 is 6.81. The zero-order chi connectivity index (χ0) is 23.8. The molecule has 5 aromatic rings. The van der Waals surface area contributed by atoms with E-state index in [1.54, 1.807) is 0 Å². The van der Waals surface area contributed by atoms with Crippen molar-refractivity contribution in [3.05, 3.63) is 148 Å². The standard InChI is InChI=1S/C31H24ClFN2.BrH/c32-28-12-6-4-11-27(28)30-31-26(18-19-34(30)20-23-14-16-24(33)17-15-23)25-10-5-7-13-29(25)35(31)21-22-8-2-1-3-9-22;/h1-19,30H,20-21H2;1H. The van der Waals surface area contributed by atoms with E-state index in [9.17, 15) is 4.39 Å². The van der Waals surface area contributed by atoms with Crippen LogP contribution in [0, 0.1) is 5.82 Å². The van der Waals surface area contributed by atoms with Crippen LogP contribution in [0.5, 0.6) is 0 Å². The largest absolute Gasteiger partial charge is 0.361 e. The molecular weight excluding hydrogens is 535 g/mol. The molecule has 1 atom stereocenters. The van der Waals surface area contributed by atoms with Crippen LogP contribution in [0.3, 0.4) is 0 Å². The molecule has 0 amide bonds. The Morgan fingerprint density at radius 1 is 0.722 bits per heavy atom. The van der Waals surface area contributed by atoms with Crippen molar-refractivity contribution >= 4 is 45.6 Å². The maximum atomic E-state index is 13.6. The lowest BCUT2D eigenvalue weighted by Gasteiger charge is -2.36. The van der Waals surface area contributed by atoms with Gasteiger partial charge in [-0.25, -0.2) is 4.39 Å². The third kappa shape index (κ3) is 4.47. The molecule has 1 aliphatic rings. The zero-order valence-electron chi connectivity index (χ0n) is 19.5. The van der Waals surface area contributed by atoms with Crippen molar-refractivity contribution in [2.24, 2.45) is 0 Å². The molecule has 2 heterocycles. The van der Waals surface area contributed by atoms with Crippen molar-refractivity contribution in [3.63, 3.8) is 0 Å². The topological polar surface area (TPSA) is 8.17 Å². The van der Waals surface area contributed by atoms with Gasteiger partial charge in [0.25, 0.3) is 0 Å². The summed E-state index contributed by atoms with van der Waals surface area (Å²) in [5, 5.41) is 1.97. The van der Waals surface area contributed by atoms with E-state index >= 15 is 0 Å². The van der Waals surface area contributed by atoms with Crippen LogP contribution < -0.4 is 0 Å². The number of hydrogen-bond acceptors (Lipinski definition) is 1. The molecule has 1 unspecified atom stereocenters. The lowest BCUT2D eigenvalue weighted by Crippen LogP contribution is -2.29. The summed E-state index contributed by atoms with van der Waals surface area (Å²) in [5.41, 5.74) is 6.98. The normalized spacial score (nSPS) is 14.5. The molecule has 4 aromatic carbocycles. The molecule has 1 aromatic heterocycles. The molecule has 0 saturated carbocycles. The molecular formula is C31H25BrClFN2. The number of para-hydroxylation sites is 1. The maximum Gasteiger partial charge on any atom is 0.123 e. The Bertz CT molecular complexity index is 1530. The fourth-order valence-electron chi connectivity index (χ4n) is 5.14. The van der Waals surface area contributed by atoms with Gasteiger partial charge >= 0.3 is 0 Å². The molecule has 0 N–H and O–H groups in total. The maximum absolute atomic E-state index is 13.6. The molecule has 0 radical (unpaired) electrons. The summed E-state index contributed by atoms with van der Waals surface area (Å²) in [6.45, 7) is 1.40. The van der Waals surface area contributed by atoms with Gasteiger partial charge in [0.05, 0.1) is 11.7 Å². The van der Waals surface area contributed by atoms with Crippen LogP contribution in [0.4, 0.5) is 4.39 Å². The van der Waals surface area contributed by atoms with Crippen molar-refractivity contribution < 1.29 is 4.39 Å². The second-order valence-electron chi connectivity index (χ2n) is 8.93. The average molecular weight is 560 g/mol. The van der Waals surface area contributed by atoms with Gasteiger partial charge in [-0.1, -0.05) is 90.5 Å². The van der Waals surface area contributed by atoms with Gasteiger partial charge in [0.2, 0.25) is 0 Å². The quantitative estimate of drug-likeness (QED) is 0.209. The fraction of sp³-hybridized carbons (Fsp3) is 0.0968. The molecule has 6 rings (SSSR count). The summed E-state index contributed by atoms with van der Waals surface area (Å²) < 4.78 is 16.0. The number of halogens is 3. The molecule has 36 heavy (non-hydrogen) atoms. The predicted octanol–water partition coefficient (Wildman–Crippen LogP) is 8.64. The van der Waals surface area contributed by atoms with E-state index in [1.165, 1.54) is 39.9 Å². The first kappa shape index (κ1) is 24.4. The first-order valence-electron chi connectivity index (χ1n) is 11.8. The van der Waals surface area contributed by atoms with Crippen LogP contribution in [-0.4, -0.2) is 9.47 Å². The molecule has 0 fully saturated rings. The van der Waals surface area contributed by atoms with Gasteiger partial charge in [-0.15, -0.1) is 17.0 Å². The van der Waals surface area contributed by atoms with E-state index in [0.29, 0.717) is 6.54 Å². The van der Waals surface area contributed by atoms with Gasteiger partial charge in [0.1, 0.15) is 5.82 Å². The number of fused-ring (bicyclic) bond motifs is 3. The average Bonchev–Trinajstić information content (AvgIpc) is 3.20. The minimum Gasteiger partial charge on any atom is -0.361 e. The molecule has 5 heteroatoms. The summed E-state index contributed by atoms with van der Waals surface area (Å²) in [4.78, 5) is 2.30. The van der Waals surface area contributed by atoms with E-state index < -0.39 is 0 Å². The van der Waals surface area contributed by atoms with Gasteiger partial charge < -0.3 is 9.47 Å². The highest BCUT2D eigenvalue weighted by atomic mass is 79.9. The third-order valence-corrected chi connectivity index (χ3v) is 7.08. The smallest absolute Gasteiger partial charge is 0.123 e. The van der Waals surface area contributed by atoms with Crippen molar-refractivity contribution in [2.75, 3.05) is 0 Å². The highest BCUT2D eigenvalue weighted by molar-refractivity contribution is 8.93. The van der Waals surface area contributed by atoms with E-state index in [2.05, 4.69) is 76.3 Å². The highest BCUT2D eigenvalue weighted by Gasteiger charge is 2.32. The number of hydrogen-bond donors (Lipinski definition) is 0. The Balaban J connectivity index is 0.00000267. The number of nitrogens with zero attached hydrogens (tertiary/aromatic N) is 2. The van der Waals surface area contributed by atoms with Gasteiger partial charge in [0.15, 0.2) is 0 Å². The lowest BCUT2D eigenvalue weighted by atomic mass is 9.94. The molecule has 1 aliphatic heterocycles. The van der Waals surface area contributed by atoms with Crippen LogP contribution in [0.2, 0.25) is 5.02 Å². The van der Waals surface area contributed by atoms with Gasteiger partial charge in [0, 0.05) is 40.8 Å². The van der Waals surface area contributed by atoms with Gasteiger partial charge in [-0.2, -0.15) is 0 Å². The molecule has 0 spiro atoms. The molecule has 2 nitrogen and oxygen atoms in total. The summed E-state index contributed by atoms with van der Waals surface area (Å²) in [6.07, 6.45) is 4.36. The SMILES string of the molecule is Br.Fc1ccc(CN2C=Cc3c(n(Cc4ccccc4)c4ccccc34)C2c2ccccc2Cl)cc1. The van der Waals surface area contributed by atoms with Crippen LogP contribution in [0.15, 0.2) is 109 Å². The Kier molecular flexibility index (Phi) is 6.99. The zero-order valence-corrected chi connectivity index (χ0v) is 22.0. The van der Waals surface area contributed by atoms with Crippen LogP contribution >= 0.6 is 28.6 Å². The second-order valence-corrected chi connectivity index (χ2v) is 9.33. The van der Waals surface area contributed by atoms with E-state index in [-0.39, 0.29) is 28.8 Å². The Morgan fingerprint density at radius 2 is 1.39 bits per heavy atom. The number of benzene rings is 4. The van der Waals surface area contributed by atoms with Crippen molar-refractivity contribution in [1.29, 1.82) is 0 Å². The Hall–Kier alpha value is -3.34. The van der Waals surface area contributed by atoms with Crippen LogP contribution in [-0.2, 0) is 13.1 Å². The minimum atomic E-state index is -0.226. The Labute approximate surface area is 226 Å². The third-order valence-electron chi connectivity index (χ3n) is 6.74. The van der Waals surface area contributed by atoms with Gasteiger partial charge in [-0.05, 0) is 47.0 Å². The summed E-state index contributed by atoms with van der Waals surface area (Å²) in [6, 6.07) is 33.8. The Morgan fingerprint density at radius 3 is 2.17 bits per heavy atom. The van der Waals surface area contributed by atoms with Crippen LogP contribution in [0.25, 0.3) is 17.0 Å². The predicted molar refractivity (Wildman–Crippen MR) is 152 cm³/mol. The first-order chi connectivity index (χ1) is 17.2. The fourth-order valence-corrected chi connectivity index (χ4v) is 5.38.